The second-order valence-corrected chi connectivity index (χ2v) is 6.28. The van der Waals surface area contributed by atoms with Crippen LogP contribution >= 0.6 is 23.5 Å². The average Bonchev–Trinajstić information content (AvgIpc) is 2.32. The van der Waals surface area contributed by atoms with Crippen molar-refractivity contribution in [3.05, 3.63) is 39.6 Å². The highest BCUT2D eigenvalue weighted by atomic mass is 32.3. The third-order valence-electron chi connectivity index (χ3n) is 2.52. The van der Waals surface area contributed by atoms with Gasteiger partial charge in [-0.15, -0.1) is 23.5 Å². The van der Waals surface area contributed by atoms with Gasteiger partial charge >= 0.3 is 0 Å². The topological polar surface area (TPSA) is 43.4 Å². The Bertz CT molecular complexity index is 512. The molecule has 0 bridgehead atoms. The lowest BCUT2D eigenvalue weighted by atomic mass is 10.0. The van der Waals surface area contributed by atoms with Gasteiger partial charge in [0.05, 0.1) is 16.9 Å². The summed E-state index contributed by atoms with van der Waals surface area (Å²) in [5, 5.41) is 0.905. The number of Topliss-reactive ketones (excluding diaryl/α,β-unsaturated/α-hetero) is 2. The van der Waals surface area contributed by atoms with Crippen molar-refractivity contribution in [3.63, 3.8) is 0 Å². The zero-order valence-corrected chi connectivity index (χ0v) is 11.7. The Kier molecular flexibility index (Phi) is 4.14. The van der Waals surface area contributed by atoms with Crippen LogP contribution in [0.2, 0.25) is 0 Å². The molecular weight excluding hydrogens is 268 g/mol. The fourth-order valence-electron chi connectivity index (χ4n) is 1.55. The van der Waals surface area contributed by atoms with Crippen molar-refractivity contribution in [2.45, 2.75) is 6.92 Å². The van der Waals surface area contributed by atoms with Gasteiger partial charge in [0.25, 0.3) is 0 Å². The summed E-state index contributed by atoms with van der Waals surface area (Å²) in [6, 6.07) is 6.80. The number of hydrogen-bond donors (Lipinski definition) is 0. The lowest BCUT2D eigenvalue weighted by Crippen LogP contribution is -2.14. The largest absolute Gasteiger partial charge is 0.497 e. The van der Waals surface area contributed by atoms with E-state index in [0.29, 0.717) is 16.9 Å². The third kappa shape index (κ3) is 2.62. The molecule has 1 heterocycles. The highest BCUT2D eigenvalue weighted by Crippen LogP contribution is 2.46. The summed E-state index contributed by atoms with van der Waals surface area (Å²) in [4.78, 5) is 23.9. The highest BCUT2D eigenvalue weighted by Gasteiger charge is 2.25. The maximum absolute atomic E-state index is 12.3. The first kappa shape index (κ1) is 13.2. The SMILES string of the molecule is COc1ccc(C(=O)C(C(C)=O)=C2SCS2)cc1. The second-order valence-electron chi connectivity index (χ2n) is 3.68. The Hall–Kier alpha value is -1.20. The number of hydrogen-bond acceptors (Lipinski definition) is 5. The molecule has 0 unspecified atom stereocenters. The number of allylic oxidation sites excluding steroid dienone is 1. The number of thioether (sulfide) groups is 2. The van der Waals surface area contributed by atoms with Crippen molar-refractivity contribution in [2.75, 3.05) is 12.2 Å². The Morgan fingerprint density at radius 3 is 2.17 bits per heavy atom. The van der Waals surface area contributed by atoms with Crippen molar-refractivity contribution < 1.29 is 14.3 Å². The molecule has 1 aromatic rings. The Labute approximate surface area is 114 Å². The number of methoxy groups -OCH3 is 1. The minimum atomic E-state index is -0.208. The van der Waals surface area contributed by atoms with Gasteiger partial charge in [-0.1, -0.05) is 0 Å². The first-order chi connectivity index (χ1) is 8.63. The molecule has 1 aliphatic heterocycles. The van der Waals surface area contributed by atoms with E-state index in [2.05, 4.69) is 0 Å². The summed E-state index contributed by atoms with van der Waals surface area (Å²) in [6.45, 7) is 1.43. The van der Waals surface area contributed by atoms with Crippen LogP contribution in [0.5, 0.6) is 5.75 Å². The molecule has 1 aliphatic rings. The zero-order chi connectivity index (χ0) is 13.1. The number of ketones is 2. The van der Waals surface area contributed by atoms with Crippen LogP contribution in [-0.2, 0) is 4.79 Å². The zero-order valence-electron chi connectivity index (χ0n) is 10.1. The van der Waals surface area contributed by atoms with E-state index >= 15 is 0 Å². The molecular formula is C13H12O3S2. The van der Waals surface area contributed by atoms with E-state index in [9.17, 15) is 9.59 Å². The van der Waals surface area contributed by atoms with Crippen molar-refractivity contribution in [1.29, 1.82) is 0 Å². The summed E-state index contributed by atoms with van der Waals surface area (Å²) in [5.41, 5.74) is 0.822. The average molecular weight is 280 g/mol. The smallest absolute Gasteiger partial charge is 0.198 e. The van der Waals surface area contributed by atoms with E-state index < -0.39 is 0 Å². The van der Waals surface area contributed by atoms with Gasteiger partial charge in [0, 0.05) is 10.6 Å². The molecule has 0 aromatic heterocycles. The fraction of sp³-hybridized carbons (Fsp3) is 0.231. The lowest BCUT2D eigenvalue weighted by Gasteiger charge is -2.18. The van der Waals surface area contributed by atoms with Crippen LogP contribution in [-0.4, -0.2) is 23.8 Å². The molecule has 0 aliphatic carbocycles. The van der Waals surface area contributed by atoms with Gasteiger partial charge in [0.1, 0.15) is 5.75 Å². The van der Waals surface area contributed by atoms with Gasteiger partial charge in [0.15, 0.2) is 11.6 Å². The molecule has 18 heavy (non-hydrogen) atoms. The first-order valence-electron chi connectivity index (χ1n) is 5.33. The molecule has 94 valence electrons. The molecule has 0 radical (unpaired) electrons. The Morgan fingerprint density at radius 1 is 1.17 bits per heavy atom. The molecule has 0 saturated carbocycles. The maximum Gasteiger partial charge on any atom is 0.198 e. The van der Waals surface area contributed by atoms with E-state index in [-0.39, 0.29) is 11.6 Å². The molecule has 3 nitrogen and oxygen atoms in total. The van der Waals surface area contributed by atoms with Gasteiger partial charge in [-0.2, -0.15) is 0 Å². The molecule has 2 rings (SSSR count). The normalized spacial score (nSPS) is 13.8. The summed E-state index contributed by atoms with van der Waals surface area (Å²) in [5.74, 6) is 0.307. The van der Waals surface area contributed by atoms with Gasteiger partial charge in [-0.3, -0.25) is 9.59 Å². The standard InChI is InChI=1S/C13H12O3S2/c1-8(14)11(13-17-7-18-13)12(15)9-3-5-10(16-2)6-4-9/h3-6H,7H2,1-2H3. The second kappa shape index (κ2) is 5.63. The van der Waals surface area contributed by atoms with E-state index in [0.717, 1.165) is 9.32 Å². The lowest BCUT2D eigenvalue weighted by molar-refractivity contribution is -0.113. The van der Waals surface area contributed by atoms with Crippen molar-refractivity contribution in [3.8, 4) is 5.75 Å². The highest BCUT2D eigenvalue weighted by molar-refractivity contribution is 8.37. The van der Waals surface area contributed by atoms with Crippen LogP contribution in [0.25, 0.3) is 0 Å². The van der Waals surface area contributed by atoms with Crippen LogP contribution in [0.15, 0.2) is 34.1 Å². The van der Waals surface area contributed by atoms with Crippen molar-refractivity contribution >= 4 is 35.1 Å². The molecule has 0 N–H and O–H groups in total. The minimum Gasteiger partial charge on any atom is -0.497 e. The summed E-state index contributed by atoms with van der Waals surface area (Å²) in [6.07, 6.45) is 0. The quantitative estimate of drug-likeness (QED) is 0.367. The molecule has 0 atom stereocenters. The number of carbonyl (C=O) groups is 2. The van der Waals surface area contributed by atoms with E-state index in [1.54, 1.807) is 54.9 Å². The third-order valence-corrected chi connectivity index (χ3v) is 5.10. The van der Waals surface area contributed by atoms with Gasteiger partial charge in [-0.05, 0) is 31.2 Å². The van der Waals surface area contributed by atoms with Crippen LogP contribution in [0.4, 0.5) is 0 Å². The molecule has 5 heteroatoms. The van der Waals surface area contributed by atoms with E-state index in [1.165, 1.54) is 6.92 Å². The van der Waals surface area contributed by atoms with Crippen molar-refractivity contribution in [2.24, 2.45) is 0 Å². The molecule has 1 fully saturated rings. The van der Waals surface area contributed by atoms with Gasteiger partial charge in [-0.25, -0.2) is 0 Å². The van der Waals surface area contributed by atoms with Gasteiger partial charge < -0.3 is 4.74 Å². The summed E-state index contributed by atoms with van der Waals surface area (Å²) >= 11 is 3.10. The van der Waals surface area contributed by atoms with Crippen LogP contribution < -0.4 is 4.74 Å². The van der Waals surface area contributed by atoms with Crippen LogP contribution in [0.1, 0.15) is 17.3 Å². The van der Waals surface area contributed by atoms with E-state index in [4.69, 9.17) is 4.74 Å². The predicted octanol–water partition coefficient (Wildman–Crippen LogP) is 3.12. The summed E-state index contributed by atoms with van der Waals surface area (Å²) < 4.78 is 5.87. The van der Waals surface area contributed by atoms with Crippen LogP contribution in [0, 0.1) is 0 Å². The van der Waals surface area contributed by atoms with Gasteiger partial charge in [0.2, 0.25) is 0 Å². The maximum atomic E-state index is 12.3. The molecule has 0 amide bonds. The minimum absolute atomic E-state index is 0.175. The van der Waals surface area contributed by atoms with E-state index in [1.807, 2.05) is 0 Å². The Balaban J connectivity index is 2.31. The predicted molar refractivity (Wildman–Crippen MR) is 75.1 cm³/mol. The number of benzene rings is 1. The Morgan fingerprint density at radius 2 is 1.78 bits per heavy atom. The molecule has 1 aromatic carbocycles. The van der Waals surface area contributed by atoms with Crippen LogP contribution in [0.3, 0.4) is 0 Å². The number of rotatable bonds is 4. The fourth-order valence-corrected chi connectivity index (χ4v) is 3.25. The molecule has 0 spiro atoms. The first-order valence-corrected chi connectivity index (χ1v) is 7.30. The summed E-state index contributed by atoms with van der Waals surface area (Å²) in [7, 11) is 1.57. The molecule has 1 saturated heterocycles. The monoisotopic (exact) mass is 280 g/mol. The number of ether oxygens (including phenoxy) is 1. The van der Waals surface area contributed by atoms with Crippen molar-refractivity contribution in [1.82, 2.24) is 0 Å². The number of carbonyl (C=O) groups excluding carboxylic acids is 2.